The zero-order valence-electron chi connectivity index (χ0n) is 19.8. The van der Waals surface area contributed by atoms with Crippen molar-refractivity contribution >= 4 is 17.5 Å². The van der Waals surface area contributed by atoms with Crippen LogP contribution in [0.3, 0.4) is 0 Å². The molecule has 1 aliphatic heterocycles. The Morgan fingerprint density at radius 3 is 2.49 bits per heavy atom. The highest BCUT2D eigenvalue weighted by Crippen LogP contribution is 2.18. The molecule has 1 aliphatic rings. The van der Waals surface area contributed by atoms with Gasteiger partial charge in [-0.3, -0.25) is 14.5 Å². The molecule has 0 spiro atoms. The second-order valence-corrected chi connectivity index (χ2v) is 8.55. The molecule has 8 heteroatoms. The standard InChI is InChI=1S/C27H32N4O4/c32-26(21-35-24-10-4-9-23(19-24)29-27(33)25-11-5-18-34-25)28-12-6-13-30-14-16-31(17-15-30)20-22-7-2-1-3-8-22/h1-5,7-11,18-19H,6,12-17,20-21H2,(H,28,32)(H,29,33). The molecule has 1 saturated heterocycles. The quantitative estimate of drug-likeness (QED) is 0.413. The summed E-state index contributed by atoms with van der Waals surface area (Å²) in [6.45, 7) is 6.75. The lowest BCUT2D eigenvalue weighted by molar-refractivity contribution is -0.123. The van der Waals surface area contributed by atoms with E-state index < -0.39 is 0 Å². The lowest BCUT2D eigenvalue weighted by Gasteiger charge is -2.34. The molecule has 184 valence electrons. The molecular weight excluding hydrogens is 444 g/mol. The fourth-order valence-electron chi connectivity index (χ4n) is 4.01. The number of amides is 2. The maximum Gasteiger partial charge on any atom is 0.291 e. The Labute approximate surface area is 205 Å². The van der Waals surface area contributed by atoms with Gasteiger partial charge in [-0.2, -0.15) is 0 Å². The molecule has 2 N–H and O–H groups in total. The zero-order chi connectivity index (χ0) is 24.3. The number of carbonyl (C=O) groups is 2. The van der Waals surface area contributed by atoms with E-state index in [0.717, 1.165) is 45.7 Å². The molecule has 2 heterocycles. The highest BCUT2D eigenvalue weighted by molar-refractivity contribution is 6.02. The summed E-state index contributed by atoms with van der Waals surface area (Å²) in [7, 11) is 0. The first-order valence-corrected chi connectivity index (χ1v) is 12.0. The minimum Gasteiger partial charge on any atom is -0.484 e. The van der Waals surface area contributed by atoms with Gasteiger partial charge in [0.25, 0.3) is 11.8 Å². The molecule has 0 bridgehead atoms. The summed E-state index contributed by atoms with van der Waals surface area (Å²) in [5.41, 5.74) is 1.92. The van der Waals surface area contributed by atoms with E-state index in [1.54, 1.807) is 36.4 Å². The van der Waals surface area contributed by atoms with Crippen molar-refractivity contribution in [1.29, 1.82) is 0 Å². The van der Waals surface area contributed by atoms with Crippen LogP contribution in [0.2, 0.25) is 0 Å². The average Bonchev–Trinajstić information content (AvgIpc) is 3.43. The van der Waals surface area contributed by atoms with Crippen LogP contribution in [0, 0.1) is 0 Å². The topological polar surface area (TPSA) is 87.0 Å². The van der Waals surface area contributed by atoms with Gasteiger partial charge in [0.05, 0.1) is 6.26 Å². The van der Waals surface area contributed by atoms with Gasteiger partial charge in [-0.25, -0.2) is 0 Å². The number of hydrogen-bond acceptors (Lipinski definition) is 6. The largest absolute Gasteiger partial charge is 0.484 e. The minimum atomic E-state index is -0.345. The second kappa shape index (κ2) is 12.7. The van der Waals surface area contributed by atoms with Gasteiger partial charge in [0.1, 0.15) is 5.75 Å². The fraction of sp³-hybridized carbons (Fsp3) is 0.333. The van der Waals surface area contributed by atoms with E-state index in [1.807, 2.05) is 0 Å². The van der Waals surface area contributed by atoms with Crippen LogP contribution in [0.15, 0.2) is 77.4 Å². The summed E-state index contributed by atoms with van der Waals surface area (Å²) in [5.74, 6) is 0.223. The van der Waals surface area contributed by atoms with E-state index in [1.165, 1.54) is 11.8 Å². The number of benzene rings is 2. The minimum absolute atomic E-state index is 0.0757. The molecule has 0 aliphatic carbocycles. The summed E-state index contributed by atoms with van der Waals surface area (Å²) in [6.07, 6.45) is 2.35. The van der Waals surface area contributed by atoms with Gasteiger partial charge in [-0.15, -0.1) is 0 Å². The Balaban J connectivity index is 1.08. The molecule has 3 aromatic rings. The van der Waals surface area contributed by atoms with Gasteiger partial charge in [-0.1, -0.05) is 36.4 Å². The Hall–Kier alpha value is -3.62. The monoisotopic (exact) mass is 476 g/mol. The number of anilines is 1. The first-order chi connectivity index (χ1) is 17.2. The third-order valence-electron chi connectivity index (χ3n) is 5.89. The van der Waals surface area contributed by atoms with Gasteiger partial charge in [0, 0.05) is 51.0 Å². The summed E-state index contributed by atoms with van der Waals surface area (Å²) < 4.78 is 10.7. The van der Waals surface area contributed by atoms with Crippen LogP contribution >= 0.6 is 0 Å². The third kappa shape index (κ3) is 7.98. The molecule has 35 heavy (non-hydrogen) atoms. The fourth-order valence-corrected chi connectivity index (χ4v) is 4.01. The van der Waals surface area contributed by atoms with Crippen molar-refractivity contribution in [2.45, 2.75) is 13.0 Å². The molecule has 1 aromatic heterocycles. The summed E-state index contributed by atoms with van der Waals surface area (Å²) in [4.78, 5) is 29.2. The van der Waals surface area contributed by atoms with Crippen LogP contribution in [-0.4, -0.2) is 67.5 Å². The Bertz CT molecular complexity index is 1060. The van der Waals surface area contributed by atoms with Crippen molar-refractivity contribution in [2.75, 3.05) is 51.2 Å². The molecule has 0 unspecified atom stereocenters. The van der Waals surface area contributed by atoms with Crippen LogP contribution in [-0.2, 0) is 11.3 Å². The van der Waals surface area contributed by atoms with E-state index in [-0.39, 0.29) is 24.2 Å². The van der Waals surface area contributed by atoms with Crippen LogP contribution in [0.25, 0.3) is 0 Å². The van der Waals surface area contributed by atoms with Gasteiger partial charge >= 0.3 is 0 Å². The van der Waals surface area contributed by atoms with Crippen molar-refractivity contribution in [3.05, 3.63) is 84.3 Å². The van der Waals surface area contributed by atoms with Crippen molar-refractivity contribution in [3.8, 4) is 5.75 Å². The second-order valence-electron chi connectivity index (χ2n) is 8.55. The van der Waals surface area contributed by atoms with Crippen LogP contribution in [0.1, 0.15) is 22.5 Å². The molecule has 0 atom stereocenters. The first-order valence-electron chi connectivity index (χ1n) is 12.0. The lowest BCUT2D eigenvalue weighted by Crippen LogP contribution is -2.46. The van der Waals surface area contributed by atoms with Gasteiger partial charge in [-0.05, 0) is 42.8 Å². The summed E-state index contributed by atoms with van der Waals surface area (Å²) in [5, 5.41) is 5.66. The van der Waals surface area contributed by atoms with E-state index >= 15 is 0 Å². The molecule has 2 amide bonds. The molecule has 1 fully saturated rings. The highest BCUT2D eigenvalue weighted by Gasteiger charge is 2.16. The van der Waals surface area contributed by atoms with Crippen molar-refractivity contribution < 1.29 is 18.7 Å². The number of carbonyl (C=O) groups excluding carboxylic acids is 2. The van der Waals surface area contributed by atoms with Crippen LogP contribution < -0.4 is 15.4 Å². The van der Waals surface area contributed by atoms with Crippen molar-refractivity contribution in [2.24, 2.45) is 0 Å². The predicted octanol–water partition coefficient (Wildman–Crippen LogP) is 3.23. The molecule has 8 nitrogen and oxygen atoms in total. The zero-order valence-corrected chi connectivity index (χ0v) is 19.8. The van der Waals surface area contributed by atoms with Gasteiger partial charge in [0.15, 0.2) is 12.4 Å². The third-order valence-corrected chi connectivity index (χ3v) is 5.89. The van der Waals surface area contributed by atoms with Gasteiger partial charge in [0.2, 0.25) is 0 Å². The lowest BCUT2D eigenvalue weighted by atomic mass is 10.2. The van der Waals surface area contributed by atoms with Gasteiger partial charge < -0.3 is 24.7 Å². The van der Waals surface area contributed by atoms with Crippen molar-refractivity contribution in [3.63, 3.8) is 0 Å². The first kappa shape index (κ1) is 24.5. The Morgan fingerprint density at radius 2 is 1.71 bits per heavy atom. The number of nitrogens with one attached hydrogen (secondary N) is 2. The molecule has 4 rings (SSSR count). The smallest absolute Gasteiger partial charge is 0.291 e. The summed E-state index contributed by atoms with van der Waals surface area (Å²) >= 11 is 0. The number of nitrogens with zero attached hydrogens (tertiary/aromatic N) is 2. The molecular formula is C27H32N4O4. The number of furan rings is 1. The van der Waals surface area contributed by atoms with E-state index in [9.17, 15) is 9.59 Å². The normalized spacial score (nSPS) is 14.4. The highest BCUT2D eigenvalue weighted by atomic mass is 16.5. The molecule has 0 saturated carbocycles. The summed E-state index contributed by atoms with van der Waals surface area (Å²) in [6, 6.07) is 20.7. The number of hydrogen-bond donors (Lipinski definition) is 2. The average molecular weight is 477 g/mol. The predicted molar refractivity (Wildman–Crippen MR) is 134 cm³/mol. The maximum atomic E-state index is 12.2. The number of rotatable bonds is 11. The molecule has 0 radical (unpaired) electrons. The number of piperazine rings is 1. The maximum absolute atomic E-state index is 12.2. The number of ether oxygens (including phenoxy) is 1. The van der Waals surface area contributed by atoms with Crippen LogP contribution in [0.4, 0.5) is 5.69 Å². The van der Waals surface area contributed by atoms with Crippen molar-refractivity contribution in [1.82, 2.24) is 15.1 Å². The Kier molecular flexibility index (Phi) is 8.91. The van der Waals surface area contributed by atoms with E-state index in [4.69, 9.17) is 9.15 Å². The van der Waals surface area contributed by atoms with E-state index in [0.29, 0.717) is 18.0 Å². The Morgan fingerprint density at radius 1 is 0.914 bits per heavy atom. The SMILES string of the molecule is O=C(COc1cccc(NC(=O)c2ccco2)c1)NCCCN1CCN(Cc2ccccc2)CC1. The van der Waals surface area contributed by atoms with E-state index in [2.05, 4.69) is 50.8 Å². The molecule has 2 aromatic carbocycles. The van der Waals surface area contributed by atoms with Crippen LogP contribution in [0.5, 0.6) is 5.75 Å².